The molecule has 0 aliphatic heterocycles. The van der Waals surface area contributed by atoms with Crippen LogP contribution in [0.15, 0.2) is 29.1 Å². The minimum atomic E-state index is -0.372. The van der Waals surface area contributed by atoms with Gasteiger partial charge in [0.15, 0.2) is 6.29 Å². The van der Waals surface area contributed by atoms with E-state index in [4.69, 9.17) is 4.74 Å². The molecule has 22 heavy (non-hydrogen) atoms. The fourth-order valence-corrected chi connectivity index (χ4v) is 2.42. The average molecular weight is 300 g/mol. The Morgan fingerprint density at radius 1 is 1.27 bits per heavy atom. The number of aryl methyl sites for hydroxylation is 1. The molecule has 1 N–H and O–H groups in total. The number of aromatic amines is 1. The van der Waals surface area contributed by atoms with Crippen LogP contribution in [0.1, 0.15) is 22.8 Å². The van der Waals surface area contributed by atoms with E-state index in [0.717, 1.165) is 28.3 Å². The van der Waals surface area contributed by atoms with Crippen LogP contribution in [0.5, 0.6) is 5.75 Å². The highest BCUT2D eigenvalue weighted by atomic mass is 16.5. The summed E-state index contributed by atoms with van der Waals surface area (Å²) in [5.74, 6) is 0.748. The molecule has 116 valence electrons. The molecule has 0 saturated carbocycles. The van der Waals surface area contributed by atoms with Gasteiger partial charge >= 0.3 is 0 Å². The summed E-state index contributed by atoms with van der Waals surface area (Å²) >= 11 is 0. The van der Waals surface area contributed by atoms with Gasteiger partial charge in [0.2, 0.25) is 0 Å². The summed E-state index contributed by atoms with van der Waals surface area (Å²) in [6.07, 6.45) is 1.30. The van der Waals surface area contributed by atoms with Gasteiger partial charge in [0.05, 0.1) is 18.4 Å². The van der Waals surface area contributed by atoms with Gasteiger partial charge in [0.25, 0.3) is 5.56 Å². The van der Waals surface area contributed by atoms with E-state index in [2.05, 4.69) is 4.98 Å². The van der Waals surface area contributed by atoms with Crippen LogP contribution in [0.3, 0.4) is 0 Å². The standard InChI is InChI=1S/C17H20N2O3/c1-5-11-8-12(10-20)17(21)18-16(11)14-7-6-13(22-4)9-15(14)19(2)3/h6-10H,5H2,1-4H3,(H,18,21). The summed E-state index contributed by atoms with van der Waals surface area (Å²) in [6, 6.07) is 7.35. The monoisotopic (exact) mass is 300 g/mol. The number of pyridine rings is 1. The second-order valence-electron chi connectivity index (χ2n) is 5.20. The lowest BCUT2D eigenvalue weighted by Gasteiger charge is -2.20. The number of H-pyrrole nitrogens is 1. The smallest absolute Gasteiger partial charge is 0.259 e. The van der Waals surface area contributed by atoms with Crippen LogP contribution in [-0.2, 0) is 6.42 Å². The molecule has 0 bridgehead atoms. The Balaban J connectivity index is 2.73. The summed E-state index contributed by atoms with van der Waals surface area (Å²) in [5, 5.41) is 0. The molecule has 0 unspecified atom stereocenters. The van der Waals surface area contributed by atoms with Gasteiger partial charge in [-0.2, -0.15) is 0 Å². The van der Waals surface area contributed by atoms with Gasteiger partial charge in [0.1, 0.15) is 5.75 Å². The van der Waals surface area contributed by atoms with Gasteiger partial charge in [-0.05, 0) is 30.2 Å². The Hall–Kier alpha value is -2.56. The second kappa shape index (κ2) is 6.47. The molecule has 1 aromatic heterocycles. The number of aromatic nitrogens is 1. The zero-order chi connectivity index (χ0) is 16.3. The van der Waals surface area contributed by atoms with Gasteiger partial charge < -0.3 is 14.6 Å². The fraction of sp³-hybridized carbons (Fsp3) is 0.294. The maximum absolute atomic E-state index is 12.0. The molecular weight excluding hydrogens is 280 g/mol. The largest absolute Gasteiger partial charge is 0.497 e. The number of nitrogens with zero attached hydrogens (tertiary/aromatic N) is 1. The Kier molecular flexibility index (Phi) is 4.65. The Bertz CT molecular complexity index is 748. The Morgan fingerprint density at radius 3 is 2.55 bits per heavy atom. The normalized spacial score (nSPS) is 10.4. The SMILES string of the molecule is CCc1cc(C=O)c(=O)[nH]c1-c1ccc(OC)cc1N(C)C. The third-order valence-corrected chi connectivity index (χ3v) is 3.62. The van der Waals surface area contributed by atoms with Crippen molar-refractivity contribution in [2.24, 2.45) is 0 Å². The van der Waals surface area contributed by atoms with E-state index in [-0.39, 0.29) is 11.1 Å². The Labute approximate surface area is 129 Å². The van der Waals surface area contributed by atoms with E-state index < -0.39 is 0 Å². The van der Waals surface area contributed by atoms with Crippen LogP contribution in [0.4, 0.5) is 5.69 Å². The number of benzene rings is 1. The molecule has 1 heterocycles. The highest BCUT2D eigenvalue weighted by Gasteiger charge is 2.14. The number of ether oxygens (including phenoxy) is 1. The number of aldehydes is 1. The van der Waals surface area contributed by atoms with Crippen LogP contribution in [0.25, 0.3) is 11.3 Å². The van der Waals surface area contributed by atoms with Crippen LogP contribution < -0.4 is 15.2 Å². The van der Waals surface area contributed by atoms with Crippen molar-refractivity contribution in [3.63, 3.8) is 0 Å². The van der Waals surface area contributed by atoms with Crippen molar-refractivity contribution in [1.82, 2.24) is 4.98 Å². The zero-order valence-electron chi connectivity index (χ0n) is 13.3. The van der Waals surface area contributed by atoms with Crippen LogP contribution in [0.2, 0.25) is 0 Å². The first-order valence-corrected chi connectivity index (χ1v) is 7.08. The fourth-order valence-electron chi connectivity index (χ4n) is 2.42. The van der Waals surface area contributed by atoms with E-state index in [0.29, 0.717) is 12.7 Å². The highest BCUT2D eigenvalue weighted by Crippen LogP contribution is 2.33. The van der Waals surface area contributed by atoms with Crippen molar-refractivity contribution >= 4 is 12.0 Å². The van der Waals surface area contributed by atoms with Crippen molar-refractivity contribution in [3.05, 3.63) is 45.7 Å². The summed E-state index contributed by atoms with van der Waals surface area (Å²) < 4.78 is 5.27. The summed E-state index contributed by atoms with van der Waals surface area (Å²) in [6.45, 7) is 1.99. The molecule has 1 aromatic carbocycles. The number of anilines is 1. The predicted octanol–water partition coefficient (Wildman–Crippen LogP) is 2.49. The van der Waals surface area contributed by atoms with Crippen molar-refractivity contribution in [2.45, 2.75) is 13.3 Å². The quantitative estimate of drug-likeness (QED) is 0.862. The van der Waals surface area contributed by atoms with Gasteiger partial charge in [0, 0.05) is 31.4 Å². The lowest BCUT2D eigenvalue weighted by molar-refractivity contribution is 0.112. The molecule has 5 nitrogen and oxygen atoms in total. The molecule has 2 aromatic rings. The van der Waals surface area contributed by atoms with Crippen molar-refractivity contribution in [2.75, 3.05) is 26.1 Å². The average Bonchev–Trinajstić information content (AvgIpc) is 2.53. The van der Waals surface area contributed by atoms with Crippen molar-refractivity contribution in [3.8, 4) is 17.0 Å². The molecule has 0 aliphatic rings. The van der Waals surface area contributed by atoms with E-state index >= 15 is 0 Å². The number of carbonyl (C=O) groups excluding carboxylic acids is 1. The predicted molar refractivity (Wildman–Crippen MR) is 88.1 cm³/mol. The molecule has 0 saturated heterocycles. The number of methoxy groups -OCH3 is 1. The second-order valence-corrected chi connectivity index (χ2v) is 5.20. The summed E-state index contributed by atoms with van der Waals surface area (Å²) in [7, 11) is 5.48. The third-order valence-electron chi connectivity index (χ3n) is 3.62. The van der Waals surface area contributed by atoms with Crippen LogP contribution >= 0.6 is 0 Å². The maximum atomic E-state index is 12.0. The number of nitrogens with one attached hydrogen (secondary N) is 1. The van der Waals surface area contributed by atoms with Gasteiger partial charge in [-0.15, -0.1) is 0 Å². The molecule has 0 amide bonds. The van der Waals surface area contributed by atoms with Crippen molar-refractivity contribution in [1.29, 1.82) is 0 Å². The lowest BCUT2D eigenvalue weighted by Crippen LogP contribution is -2.16. The summed E-state index contributed by atoms with van der Waals surface area (Å²) in [4.78, 5) is 27.8. The number of hydrogen-bond acceptors (Lipinski definition) is 4. The molecular formula is C17H20N2O3. The number of hydrogen-bond donors (Lipinski definition) is 1. The summed E-state index contributed by atoms with van der Waals surface area (Å²) in [5.41, 5.74) is 3.28. The third kappa shape index (κ3) is 2.88. The minimum Gasteiger partial charge on any atom is -0.497 e. The first kappa shape index (κ1) is 15.8. The topological polar surface area (TPSA) is 62.4 Å². The molecule has 0 atom stereocenters. The van der Waals surface area contributed by atoms with Gasteiger partial charge in [-0.3, -0.25) is 9.59 Å². The van der Waals surface area contributed by atoms with Crippen LogP contribution in [-0.4, -0.2) is 32.5 Å². The first-order valence-electron chi connectivity index (χ1n) is 7.08. The highest BCUT2D eigenvalue weighted by molar-refractivity contribution is 5.81. The van der Waals surface area contributed by atoms with E-state index in [1.165, 1.54) is 0 Å². The molecule has 0 aliphatic carbocycles. The molecule has 0 spiro atoms. The molecule has 2 rings (SSSR count). The number of carbonyl (C=O) groups is 1. The van der Waals surface area contributed by atoms with Gasteiger partial charge in [-0.1, -0.05) is 6.92 Å². The lowest BCUT2D eigenvalue weighted by atomic mass is 10.00. The Morgan fingerprint density at radius 2 is 2.00 bits per heavy atom. The van der Waals surface area contributed by atoms with Crippen LogP contribution in [0, 0.1) is 0 Å². The molecule has 5 heteroatoms. The van der Waals surface area contributed by atoms with Crippen molar-refractivity contribution < 1.29 is 9.53 Å². The molecule has 0 radical (unpaired) electrons. The maximum Gasteiger partial charge on any atom is 0.259 e. The number of rotatable bonds is 5. The van der Waals surface area contributed by atoms with Gasteiger partial charge in [-0.25, -0.2) is 0 Å². The first-order chi connectivity index (χ1) is 10.5. The zero-order valence-corrected chi connectivity index (χ0v) is 13.3. The van der Waals surface area contributed by atoms with E-state index in [1.54, 1.807) is 13.2 Å². The van der Waals surface area contributed by atoms with E-state index in [1.807, 2.05) is 44.1 Å². The minimum absolute atomic E-state index is 0.153. The molecule has 0 fully saturated rings. The van der Waals surface area contributed by atoms with E-state index in [9.17, 15) is 9.59 Å².